The zero-order valence-electron chi connectivity index (χ0n) is 11.1. The van der Waals surface area contributed by atoms with Gasteiger partial charge in [-0.25, -0.2) is 0 Å². The quantitative estimate of drug-likeness (QED) is 0.927. The number of halogens is 1. The van der Waals surface area contributed by atoms with Crippen molar-refractivity contribution in [1.29, 1.82) is 5.26 Å². The summed E-state index contributed by atoms with van der Waals surface area (Å²) in [6, 6.07) is 16.8. The van der Waals surface area contributed by atoms with Gasteiger partial charge in [-0.05, 0) is 37.3 Å². The second-order valence-electron chi connectivity index (χ2n) is 4.56. The number of ether oxygens (including phenoxy) is 1. The first-order valence-corrected chi connectivity index (χ1v) is 7.08. The molecule has 2 rings (SSSR count). The van der Waals surface area contributed by atoms with Gasteiger partial charge in [0.15, 0.2) is 0 Å². The second-order valence-corrected chi connectivity index (χ2v) is 5.41. The zero-order chi connectivity index (χ0) is 14.5. The Labute approximate surface area is 127 Å². The lowest BCUT2D eigenvalue weighted by atomic mass is 10.0. The molecule has 2 unspecified atom stereocenters. The summed E-state index contributed by atoms with van der Waals surface area (Å²) >= 11 is 3.52. The molecule has 2 aromatic rings. The Balaban J connectivity index is 2.26. The summed E-state index contributed by atoms with van der Waals surface area (Å²) in [4.78, 5) is 0. The Morgan fingerprint density at radius 2 is 1.80 bits per heavy atom. The van der Waals surface area contributed by atoms with Crippen LogP contribution < -0.4 is 10.5 Å². The Morgan fingerprint density at radius 1 is 1.15 bits per heavy atom. The molecule has 2 aromatic carbocycles. The third-order valence-electron chi connectivity index (χ3n) is 2.94. The highest BCUT2D eigenvalue weighted by Gasteiger charge is 2.20. The predicted octanol–water partition coefficient (Wildman–Crippen LogP) is 3.79. The first kappa shape index (κ1) is 14.6. The molecule has 4 heteroatoms. The van der Waals surface area contributed by atoms with Crippen LogP contribution in [-0.4, -0.2) is 6.04 Å². The molecule has 0 spiro atoms. The summed E-state index contributed by atoms with van der Waals surface area (Å²) in [5.41, 5.74) is 7.66. The fourth-order valence-electron chi connectivity index (χ4n) is 1.91. The molecule has 2 N–H and O–H groups in total. The molecule has 0 saturated heterocycles. The topological polar surface area (TPSA) is 59.0 Å². The molecule has 0 radical (unpaired) electrons. The van der Waals surface area contributed by atoms with E-state index in [1.54, 1.807) is 24.3 Å². The van der Waals surface area contributed by atoms with Gasteiger partial charge in [0.25, 0.3) is 0 Å². The van der Waals surface area contributed by atoms with Crippen molar-refractivity contribution in [3.63, 3.8) is 0 Å². The summed E-state index contributed by atoms with van der Waals surface area (Å²) in [6.07, 6.45) is -0.251. The standard InChI is InChI=1S/C16H15BrN2O/c1-11(19)16(14-4-2-3-5-15(14)17)20-13-8-6-12(10-18)7-9-13/h2-9,11,16H,19H2,1H3. The van der Waals surface area contributed by atoms with Crippen molar-refractivity contribution in [2.45, 2.75) is 19.1 Å². The first-order valence-electron chi connectivity index (χ1n) is 6.28. The lowest BCUT2D eigenvalue weighted by molar-refractivity contribution is 0.179. The van der Waals surface area contributed by atoms with Crippen molar-refractivity contribution in [2.75, 3.05) is 0 Å². The van der Waals surface area contributed by atoms with E-state index >= 15 is 0 Å². The molecular weight excluding hydrogens is 316 g/mol. The number of hydrogen-bond acceptors (Lipinski definition) is 3. The van der Waals surface area contributed by atoms with Gasteiger partial charge in [-0.15, -0.1) is 0 Å². The van der Waals surface area contributed by atoms with Crippen LogP contribution in [0.25, 0.3) is 0 Å². The lowest BCUT2D eigenvalue weighted by Crippen LogP contribution is -2.29. The van der Waals surface area contributed by atoms with Crippen LogP contribution in [0.15, 0.2) is 53.0 Å². The van der Waals surface area contributed by atoms with Crippen molar-refractivity contribution in [3.05, 3.63) is 64.1 Å². The maximum Gasteiger partial charge on any atom is 0.140 e. The van der Waals surface area contributed by atoms with Crippen LogP contribution in [-0.2, 0) is 0 Å². The average Bonchev–Trinajstić information content (AvgIpc) is 2.46. The Kier molecular flexibility index (Phi) is 4.78. The minimum absolute atomic E-state index is 0.163. The van der Waals surface area contributed by atoms with Gasteiger partial charge in [-0.2, -0.15) is 5.26 Å². The van der Waals surface area contributed by atoms with Crippen molar-refractivity contribution in [1.82, 2.24) is 0 Å². The third kappa shape index (κ3) is 3.38. The van der Waals surface area contributed by atoms with E-state index in [9.17, 15) is 0 Å². The Hall–Kier alpha value is -1.83. The van der Waals surface area contributed by atoms with Gasteiger partial charge in [-0.1, -0.05) is 34.1 Å². The maximum atomic E-state index is 8.80. The third-order valence-corrected chi connectivity index (χ3v) is 3.66. The molecule has 3 nitrogen and oxygen atoms in total. The van der Waals surface area contributed by atoms with Gasteiger partial charge < -0.3 is 10.5 Å². The van der Waals surface area contributed by atoms with Crippen LogP contribution in [0.2, 0.25) is 0 Å². The fraction of sp³-hybridized carbons (Fsp3) is 0.188. The second kappa shape index (κ2) is 6.56. The van der Waals surface area contributed by atoms with Crippen molar-refractivity contribution >= 4 is 15.9 Å². The largest absolute Gasteiger partial charge is 0.484 e. The number of nitrogens with two attached hydrogens (primary N) is 1. The molecule has 20 heavy (non-hydrogen) atoms. The summed E-state index contributed by atoms with van der Waals surface area (Å²) in [5, 5.41) is 8.80. The van der Waals surface area contributed by atoms with E-state index in [1.165, 1.54) is 0 Å². The highest BCUT2D eigenvalue weighted by molar-refractivity contribution is 9.10. The van der Waals surface area contributed by atoms with E-state index in [2.05, 4.69) is 22.0 Å². The number of rotatable bonds is 4. The van der Waals surface area contributed by atoms with E-state index in [0.29, 0.717) is 11.3 Å². The molecule has 0 aromatic heterocycles. The number of benzene rings is 2. The van der Waals surface area contributed by atoms with Crippen LogP contribution in [0.4, 0.5) is 0 Å². The molecule has 102 valence electrons. The molecule has 0 fully saturated rings. The molecule has 0 aliphatic heterocycles. The number of nitriles is 1. The van der Waals surface area contributed by atoms with Crippen molar-refractivity contribution in [2.24, 2.45) is 5.73 Å². The lowest BCUT2D eigenvalue weighted by Gasteiger charge is -2.24. The van der Waals surface area contributed by atoms with Gasteiger partial charge in [0, 0.05) is 16.1 Å². The Bertz CT molecular complexity index is 617. The predicted molar refractivity (Wildman–Crippen MR) is 82.3 cm³/mol. The SMILES string of the molecule is CC(N)C(Oc1ccc(C#N)cc1)c1ccccc1Br. The summed E-state index contributed by atoms with van der Waals surface area (Å²) < 4.78 is 6.95. The van der Waals surface area contributed by atoms with Gasteiger partial charge >= 0.3 is 0 Å². The normalized spacial score (nSPS) is 13.3. The molecular formula is C16H15BrN2O. The first-order chi connectivity index (χ1) is 9.61. The molecule has 0 saturated carbocycles. The maximum absolute atomic E-state index is 8.80. The van der Waals surface area contributed by atoms with Crippen LogP contribution in [0.1, 0.15) is 24.2 Å². The average molecular weight is 331 g/mol. The van der Waals surface area contributed by atoms with Gasteiger partial charge in [0.2, 0.25) is 0 Å². The zero-order valence-corrected chi connectivity index (χ0v) is 12.7. The monoisotopic (exact) mass is 330 g/mol. The summed E-state index contributed by atoms with van der Waals surface area (Å²) in [5.74, 6) is 0.696. The van der Waals surface area contributed by atoms with Crippen LogP contribution in [0.5, 0.6) is 5.75 Å². The fourth-order valence-corrected chi connectivity index (χ4v) is 2.42. The Morgan fingerprint density at radius 3 is 2.35 bits per heavy atom. The van der Waals surface area contributed by atoms with E-state index < -0.39 is 0 Å². The highest BCUT2D eigenvalue weighted by Crippen LogP contribution is 2.29. The molecule has 0 amide bonds. The van der Waals surface area contributed by atoms with E-state index in [4.69, 9.17) is 15.7 Å². The minimum atomic E-state index is -0.251. The molecule has 0 bridgehead atoms. The van der Waals surface area contributed by atoms with Crippen LogP contribution in [0, 0.1) is 11.3 Å². The van der Waals surface area contributed by atoms with Crippen LogP contribution >= 0.6 is 15.9 Å². The molecule has 0 aliphatic carbocycles. The smallest absolute Gasteiger partial charge is 0.140 e. The number of nitrogens with zero attached hydrogens (tertiary/aromatic N) is 1. The van der Waals surface area contributed by atoms with Gasteiger partial charge in [0.05, 0.1) is 11.6 Å². The van der Waals surface area contributed by atoms with Gasteiger partial charge in [0.1, 0.15) is 11.9 Å². The molecule has 0 aliphatic rings. The summed E-state index contributed by atoms with van der Waals surface area (Å²) in [6.45, 7) is 1.91. The number of hydrogen-bond donors (Lipinski definition) is 1. The highest BCUT2D eigenvalue weighted by atomic mass is 79.9. The van der Waals surface area contributed by atoms with Crippen molar-refractivity contribution < 1.29 is 4.74 Å². The van der Waals surface area contributed by atoms with E-state index in [1.807, 2.05) is 31.2 Å². The molecule has 0 heterocycles. The van der Waals surface area contributed by atoms with E-state index in [-0.39, 0.29) is 12.1 Å². The van der Waals surface area contributed by atoms with Crippen molar-refractivity contribution in [3.8, 4) is 11.8 Å². The van der Waals surface area contributed by atoms with Gasteiger partial charge in [-0.3, -0.25) is 0 Å². The minimum Gasteiger partial charge on any atom is -0.484 e. The molecule has 2 atom stereocenters. The summed E-state index contributed by atoms with van der Waals surface area (Å²) in [7, 11) is 0. The van der Waals surface area contributed by atoms with Crippen LogP contribution in [0.3, 0.4) is 0 Å². The van der Waals surface area contributed by atoms with E-state index in [0.717, 1.165) is 10.0 Å².